The van der Waals surface area contributed by atoms with Gasteiger partial charge in [-0.2, -0.15) is 0 Å². The van der Waals surface area contributed by atoms with Gasteiger partial charge in [-0.25, -0.2) is 0 Å². The molecule has 0 spiro atoms. The summed E-state index contributed by atoms with van der Waals surface area (Å²) in [5.41, 5.74) is 5.62. The maximum absolute atomic E-state index is 10.2. The fourth-order valence-electron chi connectivity index (χ4n) is 2.43. The van der Waals surface area contributed by atoms with Crippen LogP contribution in [0.25, 0.3) is 0 Å². The van der Waals surface area contributed by atoms with Crippen LogP contribution in [0.2, 0.25) is 0 Å². The summed E-state index contributed by atoms with van der Waals surface area (Å²) in [6.45, 7) is 8.20. The van der Waals surface area contributed by atoms with Gasteiger partial charge in [0.25, 0.3) is 0 Å². The van der Waals surface area contributed by atoms with Gasteiger partial charge in [0.05, 0.1) is 0 Å². The summed E-state index contributed by atoms with van der Waals surface area (Å²) in [6, 6.07) is 12.6. The molecule has 0 saturated heterocycles. The largest absolute Gasteiger partial charge is 0.507 e. The van der Waals surface area contributed by atoms with E-state index in [9.17, 15) is 5.11 Å². The van der Waals surface area contributed by atoms with E-state index in [0.717, 1.165) is 16.7 Å². The van der Waals surface area contributed by atoms with Crippen LogP contribution in [-0.4, -0.2) is 5.11 Å². The summed E-state index contributed by atoms with van der Waals surface area (Å²) >= 11 is 0. The molecule has 0 radical (unpaired) electrons. The van der Waals surface area contributed by atoms with Crippen molar-refractivity contribution in [1.29, 1.82) is 0 Å². The lowest BCUT2D eigenvalue weighted by Gasteiger charge is -2.19. The first-order valence-electron chi connectivity index (χ1n) is 6.37. The first-order valence-corrected chi connectivity index (χ1v) is 6.37. The number of phenolic OH excluding ortho intramolecular Hbond substituents is 1. The topological polar surface area (TPSA) is 20.2 Å². The van der Waals surface area contributed by atoms with Gasteiger partial charge in [0.2, 0.25) is 0 Å². The average molecular weight is 240 g/mol. The third-order valence-corrected chi connectivity index (χ3v) is 3.87. The summed E-state index contributed by atoms with van der Waals surface area (Å²) < 4.78 is 0. The molecular weight excluding hydrogens is 220 g/mol. The minimum atomic E-state index is 0.302. The second-order valence-corrected chi connectivity index (χ2v) is 5.01. The van der Waals surface area contributed by atoms with Gasteiger partial charge in [-0.1, -0.05) is 43.3 Å². The average Bonchev–Trinajstić information content (AvgIpc) is 2.41. The second-order valence-electron chi connectivity index (χ2n) is 5.01. The van der Waals surface area contributed by atoms with Gasteiger partial charge in [0.1, 0.15) is 5.75 Å². The van der Waals surface area contributed by atoms with E-state index >= 15 is 0 Å². The second kappa shape index (κ2) is 4.85. The van der Waals surface area contributed by atoms with E-state index in [2.05, 4.69) is 44.2 Å². The van der Waals surface area contributed by atoms with E-state index in [-0.39, 0.29) is 0 Å². The Labute approximate surface area is 109 Å². The zero-order valence-electron chi connectivity index (χ0n) is 11.5. The highest BCUT2D eigenvalue weighted by molar-refractivity contribution is 5.51. The lowest BCUT2D eigenvalue weighted by atomic mass is 9.87. The number of phenols is 1. The summed E-state index contributed by atoms with van der Waals surface area (Å²) in [7, 11) is 0. The molecule has 0 aliphatic heterocycles. The van der Waals surface area contributed by atoms with Crippen LogP contribution in [0.1, 0.15) is 40.7 Å². The number of benzene rings is 2. The quantitative estimate of drug-likeness (QED) is 0.821. The third-order valence-electron chi connectivity index (χ3n) is 3.87. The Morgan fingerprint density at radius 1 is 0.944 bits per heavy atom. The zero-order chi connectivity index (χ0) is 13.3. The molecule has 0 saturated carbocycles. The van der Waals surface area contributed by atoms with Crippen LogP contribution in [0, 0.1) is 20.8 Å². The number of aryl methyl sites for hydroxylation is 1. The molecule has 18 heavy (non-hydrogen) atoms. The summed E-state index contributed by atoms with van der Waals surface area (Å²) in [6.07, 6.45) is 0. The van der Waals surface area contributed by atoms with Crippen LogP contribution in [-0.2, 0) is 0 Å². The molecular formula is C17H20O. The van der Waals surface area contributed by atoms with Crippen molar-refractivity contribution < 1.29 is 5.11 Å². The van der Waals surface area contributed by atoms with Crippen molar-refractivity contribution in [3.63, 3.8) is 0 Å². The SMILES string of the molecule is Cc1cc(C(C)c2ccccc2)c(C)c(O)c1C. The lowest BCUT2D eigenvalue weighted by molar-refractivity contribution is 0.465. The van der Waals surface area contributed by atoms with E-state index in [1.54, 1.807) is 0 Å². The molecule has 1 atom stereocenters. The van der Waals surface area contributed by atoms with Gasteiger partial charge in [0, 0.05) is 5.92 Å². The highest BCUT2D eigenvalue weighted by atomic mass is 16.3. The van der Waals surface area contributed by atoms with E-state index in [4.69, 9.17) is 0 Å². The van der Waals surface area contributed by atoms with Gasteiger partial charge in [-0.15, -0.1) is 0 Å². The Kier molecular flexibility index (Phi) is 3.42. The minimum absolute atomic E-state index is 0.302. The van der Waals surface area contributed by atoms with Crippen LogP contribution in [0.5, 0.6) is 5.75 Å². The van der Waals surface area contributed by atoms with Crippen LogP contribution in [0.4, 0.5) is 0 Å². The lowest BCUT2D eigenvalue weighted by Crippen LogP contribution is -2.01. The first kappa shape index (κ1) is 12.7. The molecule has 0 fully saturated rings. The molecule has 0 bridgehead atoms. The van der Waals surface area contributed by atoms with Gasteiger partial charge in [-0.05, 0) is 48.6 Å². The molecule has 2 rings (SSSR count). The predicted octanol–water partition coefficient (Wildman–Crippen LogP) is 4.47. The molecule has 1 heteroatoms. The van der Waals surface area contributed by atoms with Crippen LogP contribution >= 0.6 is 0 Å². The van der Waals surface area contributed by atoms with Crippen LogP contribution in [0.3, 0.4) is 0 Å². The smallest absolute Gasteiger partial charge is 0.121 e. The van der Waals surface area contributed by atoms with Gasteiger partial charge in [-0.3, -0.25) is 0 Å². The molecule has 1 unspecified atom stereocenters. The van der Waals surface area contributed by atoms with Crippen LogP contribution < -0.4 is 0 Å². The Morgan fingerprint density at radius 3 is 2.17 bits per heavy atom. The molecule has 0 heterocycles. The van der Waals surface area contributed by atoms with Crippen molar-refractivity contribution in [2.45, 2.75) is 33.6 Å². The number of rotatable bonds is 2. The number of hydrogen-bond donors (Lipinski definition) is 1. The minimum Gasteiger partial charge on any atom is -0.507 e. The van der Waals surface area contributed by atoms with Gasteiger partial charge in [0.15, 0.2) is 0 Å². The van der Waals surface area contributed by atoms with Crippen LogP contribution in [0.15, 0.2) is 36.4 Å². The highest BCUT2D eigenvalue weighted by Crippen LogP contribution is 2.34. The molecule has 2 aromatic rings. The molecule has 0 aliphatic rings. The van der Waals surface area contributed by atoms with Gasteiger partial charge < -0.3 is 5.11 Å². The maximum atomic E-state index is 10.2. The molecule has 0 aromatic heterocycles. The third kappa shape index (κ3) is 2.13. The Morgan fingerprint density at radius 2 is 1.56 bits per heavy atom. The summed E-state index contributed by atoms with van der Waals surface area (Å²) in [5.74, 6) is 0.740. The normalized spacial score (nSPS) is 12.4. The molecule has 0 amide bonds. The van der Waals surface area contributed by atoms with Crippen molar-refractivity contribution in [2.75, 3.05) is 0 Å². The zero-order valence-corrected chi connectivity index (χ0v) is 11.5. The van der Waals surface area contributed by atoms with E-state index < -0.39 is 0 Å². The summed E-state index contributed by atoms with van der Waals surface area (Å²) in [5, 5.41) is 10.2. The highest BCUT2D eigenvalue weighted by Gasteiger charge is 2.15. The fraction of sp³-hybridized carbons (Fsp3) is 0.294. The van der Waals surface area contributed by atoms with Crippen molar-refractivity contribution in [2.24, 2.45) is 0 Å². The molecule has 1 nitrogen and oxygen atoms in total. The molecule has 1 N–H and O–H groups in total. The number of hydrogen-bond acceptors (Lipinski definition) is 1. The van der Waals surface area contributed by atoms with E-state index in [1.165, 1.54) is 11.1 Å². The standard InChI is InChI=1S/C17H20O/c1-11-10-16(14(4)17(18)12(11)2)13(3)15-8-6-5-7-9-15/h5-10,13,18H,1-4H3. The summed E-state index contributed by atoms with van der Waals surface area (Å²) in [4.78, 5) is 0. The fourth-order valence-corrected chi connectivity index (χ4v) is 2.43. The maximum Gasteiger partial charge on any atom is 0.121 e. The molecule has 0 aliphatic carbocycles. The van der Waals surface area contributed by atoms with E-state index in [0.29, 0.717) is 11.7 Å². The van der Waals surface area contributed by atoms with Crippen molar-refractivity contribution >= 4 is 0 Å². The van der Waals surface area contributed by atoms with Gasteiger partial charge >= 0.3 is 0 Å². The monoisotopic (exact) mass is 240 g/mol. The predicted molar refractivity (Wildman–Crippen MR) is 76.3 cm³/mol. The van der Waals surface area contributed by atoms with Crippen molar-refractivity contribution in [1.82, 2.24) is 0 Å². The number of aromatic hydroxyl groups is 1. The Bertz CT molecular complexity index is 556. The first-order chi connectivity index (χ1) is 8.52. The molecule has 94 valence electrons. The Balaban J connectivity index is 2.52. The Hall–Kier alpha value is -1.76. The van der Waals surface area contributed by atoms with Crippen molar-refractivity contribution in [3.8, 4) is 5.75 Å². The molecule has 2 aromatic carbocycles. The van der Waals surface area contributed by atoms with Crippen molar-refractivity contribution in [3.05, 3.63) is 64.2 Å². The van der Waals surface area contributed by atoms with E-state index in [1.807, 2.05) is 19.9 Å².